The highest BCUT2D eigenvalue weighted by Gasteiger charge is 2.20. The summed E-state index contributed by atoms with van der Waals surface area (Å²) in [6.45, 7) is 1.05. The van der Waals surface area contributed by atoms with E-state index in [2.05, 4.69) is 25.8 Å². The molecule has 0 radical (unpaired) electrons. The van der Waals surface area contributed by atoms with Gasteiger partial charge in [-0.15, -0.1) is 16.4 Å². The fraction of sp³-hybridized carbons (Fsp3) is 0.278. The Balaban J connectivity index is 1.39. The number of carbonyl (C=O) groups excluding carboxylic acids is 1. The van der Waals surface area contributed by atoms with Gasteiger partial charge in [0.1, 0.15) is 5.82 Å². The Morgan fingerprint density at radius 1 is 1.24 bits per heavy atom. The van der Waals surface area contributed by atoms with E-state index in [9.17, 15) is 4.79 Å². The number of hydrogen-bond donors (Lipinski definition) is 3. The Kier molecular flexibility index (Phi) is 4.58. The van der Waals surface area contributed by atoms with Crippen molar-refractivity contribution in [3.05, 3.63) is 63.6 Å². The van der Waals surface area contributed by atoms with Gasteiger partial charge in [0, 0.05) is 17.3 Å². The first-order valence-electron chi connectivity index (χ1n) is 8.37. The molecule has 1 aliphatic rings. The SMILES string of the molecule is O=C(Nc1n[nH]c(Cc2ccccc2)n1)c1ccc(C2CCCN2)s1. The first kappa shape index (κ1) is 16.0. The van der Waals surface area contributed by atoms with Crippen molar-refractivity contribution in [2.45, 2.75) is 25.3 Å². The van der Waals surface area contributed by atoms with Crippen LogP contribution in [0.15, 0.2) is 42.5 Å². The Morgan fingerprint density at radius 2 is 2.12 bits per heavy atom. The number of nitrogens with zero attached hydrogens (tertiary/aromatic N) is 2. The largest absolute Gasteiger partial charge is 0.309 e. The van der Waals surface area contributed by atoms with Crippen LogP contribution < -0.4 is 10.6 Å². The molecule has 1 fully saturated rings. The van der Waals surface area contributed by atoms with Crippen molar-refractivity contribution in [2.24, 2.45) is 0 Å². The van der Waals surface area contributed by atoms with Gasteiger partial charge in [-0.3, -0.25) is 15.2 Å². The Morgan fingerprint density at radius 3 is 2.92 bits per heavy atom. The lowest BCUT2D eigenvalue weighted by molar-refractivity contribution is 0.102. The lowest BCUT2D eigenvalue weighted by Crippen LogP contribution is -2.12. The Labute approximate surface area is 149 Å². The van der Waals surface area contributed by atoms with E-state index >= 15 is 0 Å². The van der Waals surface area contributed by atoms with E-state index < -0.39 is 0 Å². The average molecular weight is 353 g/mol. The smallest absolute Gasteiger partial charge is 0.268 e. The molecule has 0 saturated carbocycles. The minimum atomic E-state index is -0.167. The Hall–Kier alpha value is -2.51. The molecule has 1 aromatic carbocycles. The number of anilines is 1. The molecule has 3 heterocycles. The predicted molar refractivity (Wildman–Crippen MR) is 97.9 cm³/mol. The minimum absolute atomic E-state index is 0.167. The lowest BCUT2D eigenvalue weighted by Gasteiger charge is -2.05. The first-order chi connectivity index (χ1) is 12.3. The van der Waals surface area contributed by atoms with Crippen LogP contribution in [0.5, 0.6) is 0 Å². The minimum Gasteiger partial charge on any atom is -0.309 e. The molecule has 3 N–H and O–H groups in total. The second-order valence-electron chi connectivity index (χ2n) is 6.07. The number of hydrogen-bond acceptors (Lipinski definition) is 5. The molecule has 1 amide bonds. The molecule has 0 aliphatic carbocycles. The molecule has 7 heteroatoms. The zero-order chi connectivity index (χ0) is 17.1. The third-order valence-electron chi connectivity index (χ3n) is 4.23. The van der Waals surface area contributed by atoms with Gasteiger partial charge in [-0.05, 0) is 37.1 Å². The van der Waals surface area contributed by atoms with Gasteiger partial charge >= 0.3 is 0 Å². The fourth-order valence-electron chi connectivity index (χ4n) is 2.97. The summed E-state index contributed by atoms with van der Waals surface area (Å²) in [4.78, 5) is 18.6. The van der Waals surface area contributed by atoms with E-state index in [1.165, 1.54) is 22.6 Å². The number of benzene rings is 1. The van der Waals surface area contributed by atoms with Gasteiger partial charge in [-0.2, -0.15) is 4.98 Å². The van der Waals surface area contributed by atoms with Crippen LogP contribution in [0.3, 0.4) is 0 Å². The summed E-state index contributed by atoms with van der Waals surface area (Å²) in [6, 6.07) is 14.3. The van der Waals surface area contributed by atoms with Crippen LogP contribution in [0, 0.1) is 0 Å². The maximum absolute atomic E-state index is 12.4. The molecule has 3 aromatic rings. The molecular weight excluding hydrogens is 334 g/mol. The van der Waals surface area contributed by atoms with Crippen LogP contribution in [0.1, 0.15) is 44.8 Å². The third kappa shape index (κ3) is 3.78. The van der Waals surface area contributed by atoms with Crippen molar-refractivity contribution in [3.63, 3.8) is 0 Å². The molecule has 25 heavy (non-hydrogen) atoms. The summed E-state index contributed by atoms with van der Waals surface area (Å²) in [5.41, 5.74) is 1.14. The van der Waals surface area contributed by atoms with E-state index in [0.717, 1.165) is 24.4 Å². The van der Waals surface area contributed by atoms with Crippen molar-refractivity contribution < 1.29 is 4.79 Å². The zero-order valence-electron chi connectivity index (χ0n) is 13.7. The van der Waals surface area contributed by atoms with Gasteiger partial charge in [0.2, 0.25) is 5.95 Å². The molecule has 4 rings (SSSR count). The summed E-state index contributed by atoms with van der Waals surface area (Å²) < 4.78 is 0. The Bertz CT molecular complexity index is 851. The van der Waals surface area contributed by atoms with Crippen LogP contribution in [-0.2, 0) is 6.42 Å². The maximum atomic E-state index is 12.4. The van der Waals surface area contributed by atoms with Gasteiger partial charge in [-0.1, -0.05) is 30.3 Å². The summed E-state index contributed by atoms with van der Waals surface area (Å²) in [6.07, 6.45) is 2.97. The molecule has 1 aliphatic heterocycles. The highest BCUT2D eigenvalue weighted by atomic mass is 32.1. The number of H-pyrrole nitrogens is 1. The lowest BCUT2D eigenvalue weighted by atomic mass is 10.1. The van der Waals surface area contributed by atoms with E-state index in [1.54, 1.807) is 0 Å². The topological polar surface area (TPSA) is 82.7 Å². The van der Waals surface area contributed by atoms with Crippen LogP contribution >= 0.6 is 11.3 Å². The predicted octanol–water partition coefficient (Wildman–Crippen LogP) is 3.13. The normalized spacial score (nSPS) is 16.9. The van der Waals surface area contributed by atoms with E-state index in [1.807, 2.05) is 42.5 Å². The molecule has 0 spiro atoms. The molecule has 0 bridgehead atoms. The van der Waals surface area contributed by atoms with Crippen molar-refractivity contribution in [1.29, 1.82) is 0 Å². The van der Waals surface area contributed by atoms with E-state index in [-0.39, 0.29) is 5.91 Å². The summed E-state index contributed by atoms with van der Waals surface area (Å²) in [7, 11) is 0. The number of nitrogens with one attached hydrogen (secondary N) is 3. The first-order valence-corrected chi connectivity index (χ1v) is 9.19. The number of rotatable bonds is 5. The molecule has 6 nitrogen and oxygen atoms in total. The van der Waals surface area contributed by atoms with Crippen LogP contribution in [-0.4, -0.2) is 27.6 Å². The van der Waals surface area contributed by atoms with Crippen LogP contribution in [0.4, 0.5) is 5.95 Å². The number of carbonyl (C=O) groups is 1. The van der Waals surface area contributed by atoms with Crippen molar-refractivity contribution in [1.82, 2.24) is 20.5 Å². The number of thiophene rings is 1. The monoisotopic (exact) mass is 353 g/mol. The van der Waals surface area contributed by atoms with Gasteiger partial charge < -0.3 is 5.32 Å². The summed E-state index contributed by atoms with van der Waals surface area (Å²) in [5.74, 6) is 0.868. The number of amides is 1. The van der Waals surface area contributed by atoms with Crippen molar-refractivity contribution in [2.75, 3.05) is 11.9 Å². The van der Waals surface area contributed by atoms with Crippen molar-refractivity contribution >= 4 is 23.2 Å². The van der Waals surface area contributed by atoms with Gasteiger partial charge in [0.25, 0.3) is 5.91 Å². The standard InChI is InChI=1S/C18H19N5OS/c24-17(15-9-8-14(25-15)13-7-4-10-19-13)21-18-20-16(22-23-18)11-12-5-2-1-3-6-12/h1-3,5-6,8-9,13,19H,4,7,10-11H2,(H2,20,21,22,23,24). The highest BCUT2D eigenvalue weighted by molar-refractivity contribution is 7.14. The maximum Gasteiger partial charge on any atom is 0.268 e. The summed E-state index contributed by atoms with van der Waals surface area (Å²) >= 11 is 1.53. The van der Waals surface area contributed by atoms with Gasteiger partial charge in [0.15, 0.2) is 0 Å². The van der Waals surface area contributed by atoms with E-state index in [4.69, 9.17) is 0 Å². The van der Waals surface area contributed by atoms with Crippen molar-refractivity contribution in [3.8, 4) is 0 Å². The zero-order valence-corrected chi connectivity index (χ0v) is 14.5. The second-order valence-corrected chi connectivity index (χ2v) is 7.19. The highest BCUT2D eigenvalue weighted by Crippen LogP contribution is 2.29. The third-order valence-corrected chi connectivity index (χ3v) is 5.42. The molecule has 1 atom stereocenters. The molecule has 2 aromatic heterocycles. The molecule has 1 saturated heterocycles. The van der Waals surface area contributed by atoms with E-state index in [0.29, 0.717) is 23.3 Å². The van der Waals surface area contributed by atoms with Gasteiger partial charge in [-0.25, -0.2) is 0 Å². The summed E-state index contributed by atoms with van der Waals surface area (Å²) in [5, 5.41) is 13.2. The molecule has 1 unspecified atom stereocenters. The molecule has 128 valence electrons. The van der Waals surface area contributed by atoms with Crippen LogP contribution in [0.2, 0.25) is 0 Å². The molecular formula is C18H19N5OS. The quantitative estimate of drug-likeness (QED) is 0.658. The number of aromatic amines is 1. The second kappa shape index (κ2) is 7.16. The average Bonchev–Trinajstić information content (AvgIpc) is 3.37. The van der Waals surface area contributed by atoms with Crippen LogP contribution in [0.25, 0.3) is 0 Å². The fourth-order valence-corrected chi connectivity index (χ4v) is 3.99. The number of aromatic nitrogens is 3. The van der Waals surface area contributed by atoms with Gasteiger partial charge in [0.05, 0.1) is 4.88 Å².